The van der Waals surface area contributed by atoms with Gasteiger partial charge >= 0.3 is 0 Å². The van der Waals surface area contributed by atoms with Crippen molar-refractivity contribution in [3.8, 4) is 6.07 Å². The van der Waals surface area contributed by atoms with Gasteiger partial charge in [0, 0.05) is 22.7 Å². The normalized spacial score (nSPS) is 12.9. The van der Waals surface area contributed by atoms with Gasteiger partial charge in [-0.2, -0.15) is 10.4 Å². The van der Waals surface area contributed by atoms with Crippen LogP contribution in [-0.4, -0.2) is 33.5 Å². The first-order valence-electron chi connectivity index (χ1n) is 8.89. The predicted molar refractivity (Wildman–Crippen MR) is 105 cm³/mol. The fourth-order valence-corrected chi connectivity index (χ4v) is 4.49. The first kappa shape index (κ1) is 18.8. The fraction of sp³-hybridized carbons (Fsp3) is 0.200. The Kier molecular flexibility index (Phi) is 4.86. The van der Waals surface area contributed by atoms with E-state index in [-0.39, 0.29) is 11.5 Å². The van der Waals surface area contributed by atoms with Gasteiger partial charge in [-0.15, -0.1) is 11.3 Å². The zero-order valence-electron chi connectivity index (χ0n) is 15.5. The Labute approximate surface area is 169 Å². The molecule has 2 aromatic heterocycles. The number of nitrogens with zero attached hydrogens (tertiary/aromatic N) is 3. The zero-order chi connectivity index (χ0) is 20.5. The number of thiophene rings is 1. The number of benzene rings is 1. The van der Waals surface area contributed by atoms with Gasteiger partial charge in [0.05, 0.1) is 12.1 Å². The number of halogens is 1. The number of fused-ring (bicyclic) bond motifs is 1. The minimum absolute atomic E-state index is 0.172. The summed E-state index contributed by atoms with van der Waals surface area (Å²) in [4.78, 5) is 27.6. The molecule has 7 nitrogen and oxygen atoms in total. The van der Waals surface area contributed by atoms with Crippen molar-refractivity contribution in [1.82, 2.24) is 15.1 Å². The number of nitrogens with one attached hydrogen (secondary N) is 2. The maximum absolute atomic E-state index is 13.4. The molecular formula is C20H16FN5O2S. The molecule has 0 fully saturated rings. The number of nitriles is 1. The van der Waals surface area contributed by atoms with Crippen LogP contribution in [0.3, 0.4) is 0 Å². The second-order valence-electron chi connectivity index (χ2n) is 6.70. The van der Waals surface area contributed by atoms with Crippen LogP contribution in [0.4, 0.5) is 9.39 Å². The molecule has 0 bridgehead atoms. The number of anilines is 1. The Hall–Kier alpha value is -3.51. The lowest BCUT2D eigenvalue weighted by atomic mass is 10.0. The fourth-order valence-electron chi connectivity index (χ4n) is 3.28. The smallest absolute Gasteiger partial charge is 0.274 e. The van der Waals surface area contributed by atoms with Crippen LogP contribution in [-0.2, 0) is 13.0 Å². The van der Waals surface area contributed by atoms with Crippen molar-refractivity contribution in [2.45, 2.75) is 19.9 Å². The largest absolute Gasteiger partial charge is 0.332 e. The third-order valence-corrected chi connectivity index (χ3v) is 5.83. The van der Waals surface area contributed by atoms with Crippen LogP contribution in [0.25, 0.3) is 0 Å². The number of aromatic nitrogens is 2. The van der Waals surface area contributed by atoms with Crippen molar-refractivity contribution in [3.05, 3.63) is 69.1 Å². The van der Waals surface area contributed by atoms with E-state index < -0.39 is 11.7 Å². The van der Waals surface area contributed by atoms with E-state index in [2.05, 4.69) is 21.6 Å². The molecule has 0 spiro atoms. The first-order valence-corrected chi connectivity index (χ1v) is 9.70. The summed E-state index contributed by atoms with van der Waals surface area (Å²) in [5, 5.41) is 19.5. The molecule has 0 saturated heterocycles. The average molecular weight is 409 g/mol. The van der Waals surface area contributed by atoms with Crippen molar-refractivity contribution in [1.29, 1.82) is 5.26 Å². The number of amides is 2. The standard InChI is InChI=1S/C20H16FN5O2S/c1-11-7-16(25-24-11)20(28)26-6-5-14-15(9-22)19(29-17(14)10-26)23-18(27)12-3-2-4-13(21)8-12/h2-4,7-8H,5-6,10H2,1H3,(H,23,27)(H,24,25). The van der Waals surface area contributed by atoms with Crippen LogP contribution in [0.1, 0.15) is 42.5 Å². The molecule has 0 radical (unpaired) electrons. The highest BCUT2D eigenvalue weighted by molar-refractivity contribution is 7.16. The van der Waals surface area contributed by atoms with E-state index in [4.69, 9.17) is 0 Å². The summed E-state index contributed by atoms with van der Waals surface area (Å²) in [5.74, 6) is -1.18. The summed E-state index contributed by atoms with van der Waals surface area (Å²) >= 11 is 1.26. The third-order valence-electron chi connectivity index (χ3n) is 4.69. The SMILES string of the molecule is Cc1cc(C(=O)N2CCc3c(sc(NC(=O)c4cccc(F)c4)c3C#N)C2)n[nH]1. The van der Waals surface area contributed by atoms with Crippen LogP contribution in [0.15, 0.2) is 30.3 Å². The lowest BCUT2D eigenvalue weighted by Gasteiger charge is -2.26. The van der Waals surface area contributed by atoms with Gasteiger partial charge in [-0.25, -0.2) is 4.39 Å². The van der Waals surface area contributed by atoms with E-state index in [0.717, 1.165) is 22.2 Å². The zero-order valence-corrected chi connectivity index (χ0v) is 16.3. The number of carbonyl (C=O) groups is 2. The van der Waals surface area contributed by atoms with Crippen molar-refractivity contribution in [2.24, 2.45) is 0 Å². The summed E-state index contributed by atoms with van der Waals surface area (Å²) < 4.78 is 13.4. The van der Waals surface area contributed by atoms with Crippen LogP contribution >= 0.6 is 11.3 Å². The van der Waals surface area contributed by atoms with Crippen molar-refractivity contribution in [2.75, 3.05) is 11.9 Å². The van der Waals surface area contributed by atoms with E-state index in [0.29, 0.717) is 35.8 Å². The molecule has 0 saturated carbocycles. The van der Waals surface area contributed by atoms with Gasteiger partial charge in [0.2, 0.25) is 0 Å². The maximum atomic E-state index is 13.4. The molecule has 1 aromatic carbocycles. The highest BCUT2D eigenvalue weighted by Gasteiger charge is 2.29. The molecule has 2 amide bonds. The Bertz CT molecular complexity index is 1160. The lowest BCUT2D eigenvalue weighted by Crippen LogP contribution is -2.35. The molecule has 1 aliphatic heterocycles. The van der Waals surface area contributed by atoms with E-state index in [1.165, 1.54) is 29.5 Å². The highest BCUT2D eigenvalue weighted by Crippen LogP contribution is 2.37. The number of hydrogen-bond acceptors (Lipinski definition) is 5. The van der Waals surface area contributed by atoms with Crippen molar-refractivity contribution >= 4 is 28.2 Å². The van der Waals surface area contributed by atoms with E-state index >= 15 is 0 Å². The Morgan fingerprint density at radius 1 is 1.38 bits per heavy atom. The van der Waals surface area contributed by atoms with Gasteiger partial charge in [-0.1, -0.05) is 6.07 Å². The molecule has 2 N–H and O–H groups in total. The van der Waals surface area contributed by atoms with E-state index in [1.807, 2.05) is 6.92 Å². The van der Waals surface area contributed by atoms with Crippen LogP contribution in [0.5, 0.6) is 0 Å². The summed E-state index contributed by atoms with van der Waals surface area (Å²) in [6.07, 6.45) is 0.514. The van der Waals surface area contributed by atoms with E-state index in [1.54, 1.807) is 11.0 Å². The molecule has 0 atom stereocenters. The Morgan fingerprint density at radius 2 is 2.21 bits per heavy atom. The number of hydrogen-bond donors (Lipinski definition) is 2. The molecule has 3 heterocycles. The maximum Gasteiger partial charge on any atom is 0.274 e. The van der Waals surface area contributed by atoms with Gasteiger partial charge in [-0.05, 0) is 43.2 Å². The van der Waals surface area contributed by atoms with Crippen molar-refractivity contribution < 1.29 is 14.0 Å². The molecule has 146 valence electrons. The molecule has 3 aromatic rings. The Morgan fingerprint density at radius 3 is 2.90 bits per heavy atom. The number of aryl methyl sites for hydroxylation is 1. The molecule has 0 aliphatic carbocycles. The highest BCUT2D eigenvalue weighted by atomic mass is 32.1. The number of carbonyl (C=O) groups excluding carboxylic acids is 2. The molecular weight excluding hydrogens is 393 g/mol. The number of aromatic amines is 1. The summed E-state index contributed by atoms with van der Waals surface area (Å²) in [5.41, 5.74) is 2.57. The van der Waals surface area contributed by atoms with Gasteiger partial charge in [0.1, 0.15) is 22.6 Å². The molecule has 1 aliphatic rings. The van der Waals surface area contributed by atoms with Gasteiger partial charge in [0.25, 0.3) is 11.8 Å². The quantitative estimate of drug-likeness (QED) is 0.693. The second-order valence-corrected chi connectivity index (χ2v) is 7.80. The molecule has 0 unspecified atom stereocenters. The van der Waals surface area contributed by atoms with Gasteiger partial charge in [-0.3, -0.25) is 14.7 Å². The summed E-state index contributed by atoms with van der Waals surface area (Å²) in [7, 11) is 0. The van der Waals surface area contributed by atoms with Crippen LogP contribution in [0, 0.1) is 24.1 Å². The predicted octanol–water partition coefficient (Wildman–Crippen LogP) is 3.24. The summed E-state index contributed by atoms with van der Waals surface area (Å²) in [6.45, 7) is 2.62. The van der Waals surface area contributed by atoms with Crippen LogP contribution in [0.2, 0.25) is 0 Å². The molecule has 29 heavy (non-hydrogen) atoms. The average Bonchev–Trinajstić information content (AvgIpc) is 3.29. The van der Waals surface area contributed by atoms with Crippen LogP contribution < -0.4 is 5.32 Å². The monoisotopic (exact) mass is 409 g/mol. The first-order chi connectivity index (χ1) is 14.0. The third kappa shape index (κ3) is 3.62. The Balaban J connectivity index is 1.57. The lowest BCUT2D eigenvalue weighted by molar-refractivity contribution is 0.0731. The minimum atomic E-state index is -0.508. The summed E-state index contributed by atoms with van der Waals surface area (Å²) in [6, 6.07) is 9.20. The molecule has 4 rings (SSSR count). The molecule has 9 heteroatoms. The number of H-pyrrole nitrogens is 1. The topological polar surface area (TPSA) is 102 Å². The van der Waals surface area contributed by atoms with Gasteiger partial charge in [0.15, 0.2) is 0 Å². The number of rotatable bonds is 3. The van der Waals surface area contributed by atoms with Gasteiger partial charge < -0.3 is 10.2 Å². The minimum Gasteiger partial charge on any atom is -0.332 e. The van der Waals surface area contributed by atoms with E-state index in [9.17, 15) is 19.2 Å². The second kappa shape index (κ2) is 7.48. The van der Waals surface area contributed by atoms with Crippen molar-refractivity contribution in [3.63, 3.8) is 0 Å².